The number of aryl methyl sites for hydroxylation is 2. The first-order chi connectivity index (χ1) is 14.3. The molecule has 31 heavy (non-hydrogen) atoms. The summed E-state index contributed by atoms with van der Waals surface area (Å²) < 4.78 is 0. The van der Waals surface area contributed by atoms with Crippen LogP contribution < -0.4 is 4.90 Å². The zero-order valence-electron chi connectivity index (χ0n) is 21.2. The molecule has 1 nitrogen and oxygen atoms in total. The number of hydrogen-bond donors (Lipinski definition) is 0. The van der Waals surface area contributed by atoms with Crippen molar-refractivity contribution in [3.8, 4) is 0 Å². The minimum absolute atomic E-state index is 0.112. The van der Waals surface area contributed by atoms with E-state index in [1.807, 2.05) is 6.08 Å². The van der Waals surface area contributed by atoms with E-state index in [-0.39, 0.29) is 10.8 Å². The monoisotopic (exact) mass is 415 g/mol. The predicted molar refractivity (Wildman–Crippen MR) is 140 cm³/mol. The Kier molecular flexibility index (Phi) is 7.42. The molecule has 0 aromatic heterocycles. The lowest BCUT2D eigenvalue weighted by Gasteiger charge is -2.32. The van der Waals surface area contributed by atoms with E-state index in [2.05, 4.69) is 123 Å². The summed E-state index contributed by atoms with van der Waals surface area (Å²) in [7, 11) is 0. The van der Waals surface area contributed by atoms with E-state index in [1.54, 1.807) is 0 Å². The molecule has 0 fully saturated rings. The summed E-state index contributed by atoms with van der Waals surface area (Å²) in [6, 6.07) is 13.6. The average Bonchev–Trinajstić information content (AvgIpc) is 2.67. The topological polar surface area (TPSA) is 3.24 Å². The highest BCUT2D eigenvalue weighted by Crippen LogP contribution is 2.39. The van der Waals surface area contributed by atoms with Gasteiger partial charge >= 0.3 is 0 Å². The van der Waals surface area contributed by atoms with Gasteiger partial charge in [0.05, 0.1) is 5.69 Å². The molecule has 2 aromatic carbocycles. The minimum Gasteiger partial charge on any atom is -0.310 e. The third-order valence-corrected chi connectivity index (χ3v) is 5.85. The van der Waals surface area contributed by atoms with E-state index in [0.29, 0.717) is 0 Å². The first-order valence-electron chi connectivity index (χ1n) is 11.3. The third-order valence-electron chi connectivity index (χ3n) is 5.85. The molecule has 0 unspecified atom stereocenters. The van der Waals surface area contributed by atoms with Crippen LogP contribution in [0.25, 0.3) is 0 Å². The second-order valence-electron chi connectivity index (χ2n) is 10.6. The van der Waals surface area contributed by atoms with Crippen LogP contribution in [-0.2, 0) is 10.8 Å². The lowest BCUT2D eigenvalue weighted by Crippen LogP contribution is -2.20. The van der Waals surface area contributed by atoms with E-state index >= 15 is 0 Å². The van der Waals surface area contributed by atoms with Crippen LogP contribution in [0, 0.1) is 13.8 Å². The number of nitrogens with zero attached hydrogens (tertiary/aromatic N) is 1. The fraction of sp³-hybridized carbons (Fsp3) is 0.400. The number of allylic oxidation sites excluding steroid dienone is 3. The molecule has 2 aromatic rings. The Morgan fingerprint density at radius 3 is 1.74 bits per heavy atom. The molecule has 0 spiro atoms. The summed E-state index contributed by atoms with van der Waals surface area (Å²) in [5.74, 6) is 0. The number of rotatable bonds is 6. The second-order valence-corrected chi connectivity index (χ2v) is 10.6. The van der Waals surface area contributed by atoms with Crippen LogP contribution in [0.3, 0.4) is 0 Å². The standard InChI is InChI=1S/C30H41N/c1-12-21(3)18-26(13-2)31(27-16-14-24(15-17-27)29(6,7)8)28-22(4)19-25(20-23(28)5)30(9,10)11/h13-20H,2-3,12H2,1,4-11H3/b26-18+. The Labute approximate surface area is 191 Å². The molecule has 0 atom stereocenters. The Balaban J connectivity index is 2.76. The van der Waals surface area contributed by atoms with Crippen molar-refractivity contribution < 1.29 is 0 Å². The van der Waals surface area contributed by atoms with Gasteiger partial charge in [0.25, 0.3) is 0 Å². The highest BCUT2D eigenvalue weighted by Gasteiger charge is 2.22. The Bertz CT molecular complexity index is 950. The SMILES string of the molecule is C=C/C(=C\C(=C)CC)N(c1ccc(C(C)(C)C)cc1)c1c(C)cc(C(C)(C)C)cc1C. The summed E-state index contributed by atoms with van der Waals surface area (Å²) in [6.07, 6.45) is 5.01. The second kappa shape index (κ2) is 9.30. The van der Waals surface area contributed by atoms with E-state index in [9.17, 15) is 0 Å². The number of anilines is 2. The molecule has 0 aliphatic heterocycles. The van der Waals surface area contributed by atoms with Gasteiger partial charge in [-0.1, -0.05) is 91.5 Å². The summed E-state index contributed by atoms with van der Waals surface area (Å²) in [5.41, 5.74) is 9.94. The van der Waals surface area contributed by atoms with Crippen LogP contribution in [0.2, 0.25) is 0 Å². The third kappa shape index (κ3) is 5.79. The average molecular weight is 416 g/mol. The normalized spacial score (nSPS) is 12.6. The minimum atomic E-state index is 0.112. The van der Waals surface area contributed by atoms with Gasteiger partial charge in [-0.15, -0.1) is 0 Å². The molecule has 0 bridgehead atoms. The van der Waals surface area contributed by atoms with Gasteiger partial charge in [-0.05, 0) is 77.6 Å². The van der Waals surface area contributed by atoms with E-state index in [4.69, 9.17) is 0 Å². The van der Waals surface area contributed by atoms with Crippen molar-refractivity contribution in [1.29, 1.82) is 0 Å². The molecule has 0 N–H and O–H groups in total. The molecule has 0 aliphatic rings. The van der Waals surface area contributed by atoms with Crippen LogP contribution in [-0.4, -0.2) is 0 Å². The van der Waals surface area contributed by atoms with Gasteiger partial charge in [0.1, 0.15) is 0 Å². The van der Waals surface area contributed by atoms with Crippen molar-refractivity contribution in [2.24, 2.45) is 0 Å². The smallest absolute Gasteiger partial charge is 0.0520 e. The zero-order valence-corrected chi connectivity index (χ0v) is 21.2. The number of hydrogen-bond acceptors (Lipinski definition) is 1. The van der Waals surface area contributed by atoms with Crippen molar-refractivity contribution in [1.82, 2.24) is 0 Å². The fourth-order valence-electron chi connectivity index (χ4n) is 3.79. The highest BCUT2D eigenvalue weighted by atomic mass is 15.1. The van der Waals surface area contributed by atoms with Crippen LogP contribution in [0.4, 0.5) is 11.4 Å². The van der Waals surface area contributed by atoms with Gasteiger partial charge in [0, 0.05) is 11.4 Å². The summed E-state index contributed by atoms with van der Waals surface area (Å²) in [5, 5.41) is 0. The van der Waals surface area contributed by atoms with Crippen LogP contribution >= 0.6 is 0 Å². The van der Waals surface area contributed by atoms with E-state index < -0.39 is 0 Å². The Hall–Kier alpha value is -2.54. The lowest BCUT2D eigenvalue weighted by atomic mass is 9.84. The Morgan fingerprint density at radius 1 is 0.871 bits per heavy atom. The molecule has 0 saturated heterocycles. The molecule has 0 radical (unpaired) electrons. The molecule has 1 heteroatoms. The summed E-state index contributed by atoms with van der Waals surface area (Å²) >= 11 is 0. The first kappa shape index (κ1) is 24.7. The lowest BCUT2D eigenvalue weighted by molar-refractivity contribution is 0.589. The van der Waals surface area contributed by atoms with E-state index in [0.717, 1.165) is 23.4 Å². The maximum atomic E-state index is 4.22. The maximum absolute atomic E-state index is 4.22. The first-order valence-corrected chi connectivity index (χ1v) is 11.3. The number of benzene rings is 2. The highest BCUT2D eigenvalue weighted by molar-refractivity contribution is 5.76. The Morgan fingerprint density at radius 2 is 1.35 bits per heavy atom. The van der Waals surface area contributed by atoms with Gasteiger partial charge in [-0.25, -0.2) is 0 Å². The summed E-state index contributed by atoms with van der Waals surface area (Å²) in [6.45, 7) is 28.5. The van der Waals surface area contributed by atoms with Crippen molar-refractivity contribution >= 4 is 11.4 Å². The van der Waals surface area contributed by atoms with Gasteiger partial charge < -0.3 is 4.90 Å². The molecule has 0 amide bonds. The van der Waals surface area contributed by atoms with Crippen LogP contribution in [0.1, 0.15) is 77.1 Å². The fourth-order valence-corrected chi connectivity index (χ4v) is 3.79. The molecule has 0 saturated carbocycles. The van der Waals surface area contributed by atoms with Crippen molar-refractivity contribution in [2.75, 3.05) is 4.90 Å². The van der Waals surface area contributed by atoms with Gasteiger partial charge in [0.15, 0.2) is 0 Å². The van der Waals surface area contributed by atoms with E-state index in [1.165, 1.54) is 27.9 Å². The molecule has 0 aliphatic carbocycles. The van der Waals surface area contributed by atoms with Crippen LogP contribution in [0.5, 0.6) is 0 Å². The van der Waals surface area contributed by atoms with Crippen LogP contribution in [0.15, 0.2) is 73.0 Å². The molecular weight excluding hydrogens is 374 g/mol. The van der Waals surface area contributed by atoms with Gasteiger partial charge in [-0.2, -0.15) is 0 Å². The van der Waals surface area contributed by atoms with Crippen molar-refractivity contribution in [2.45, 2.75) is 79.6 Å². The largest absolute Gasteiger partial charge is 0.310 e. The molecule has 0 heterocycles. The molecule has 166 valence electrons. The molecular formula is C30H41N. The zero-order chi connectivity index (χ0) is 23.6. The van der Waals surface area contributed by atoms with Crippen molar-refractivity contribution in [3.63, 3.8) is 0 Å². The predicted octanol–water partition coefficient (Wildman–Crippen LogP) is 9.07. The maximum Gasteiger partial charge on any atom is 0.0520 e. The van der Waals surface area contributed by atoms with Gasteiger partial charge in [-0.3, -0.25) is 0 Å². The summed E-state index contributed by atoms with van der Waals surface area (Å²) in [4.78, 5) is 2.33. The van der Waals surface area contributed by atoms with Gasteiger partial charge in [0.2, 0.25) is 0 Å². The van der Waals surface area contributed by atoms with Crippen molar-refractivity contribution in [3.05, 3.63) is 95.2 Å². The quantitative estimate of drug-likeness (QED) is 0.425. The molecule has 2 rings (SSSR count).